The van der Waals surface area contributed by atoms with Crippen LogP contribution in [0.2, 0.25) is 0 Å². The molecule has 0 aliphatic carbocycles. The fourth-order valence-electron chi connectivity index (χ4n) is 3.25. The van der Waals surface area contributed by atoms with E-state index in [0.717, 1.165) is 25.8 Å². The second-order valence-electron chi connectivity index (χ2n) is 6.81. The van der Waals surface area contributed by atoms with Gasteiger partial charge in [0.2, 0.25) is 15.7 Å². The summed E-state index contributed by atoms with van der Waals surface area (Å²) in [5.74, 6) is -0.635. The van der Waals surface area contributed by atoms with Crippen LogP contribution in [-0.4, -0.2) is 33.5 Å². The Morgan fingerprint density at radius 1 is 1.11 bits per heavy atom. The van der Waals surface area contributed by atoms with E-state index in [-0.39, 0.29) is 28.3 Å². The van der Waals surface area contributed by atoms with Gasteiger partial charge < -0.3 is 10.6 Å². The van der Waals surface area contributed by atoms with Crippen molar-refractivity contribution in [1.82, 2.24) is 10.6 Å². The Hall–Kier alpha value is -2.69. The number of nitrogens with one attached hydrogen (secondary N) is 2. The molecule has 3 rings (SSSR count). The Morgan fingerprint density at radius 2 is 1.79 bits per heavy atom. The summed E-state index contributed by atoms with van der Waals surface area (Å²) in [4.78, 5) is 12.6. The molecule has 0 aromatic heterocycles. The van der Waals surface area contributed by atoms with E-state index in [1.165, 1.54) is 12.1 Å². The lowest BCUT2D eigenvalue weighted by Crippen LogP contribution is -2.47. The Morgan fingerprint density at radius 3 is 2.39 bits per heavy atom. The van der Waals surface area contributed by atoms with Crippen molar-refractivity contribution in [2.45, 2.75) is 41.0 Å². The van der Waals surface area contributed by atoms with Crippen LogP contribution in [0.1, 0.15) is 30.7 Å². The van der Waals surface area contributed by atoms with Gasteiger partial charge in [-0.05, 0) is 49.2 Å². The molecule has 0 spiro atoms. The van der Waals surface area contributed by atoms with Gasteiger partial charge in [0.1, 0.15) is 0 Å². The normalized spacial score (nSPS) is 18.0. The van der Waals surface area contributed by atoms with E-state index in [1.54, 1.807) is 42.5 Å². The van der Waals surface area contributed by atoms with Crippen LogP contribution < -0.4 is 10.6 Å². The second kappa shape index (κ2) is 9.00. The van der Waals surface area contributed by atoms with Crippen LogP contribution >= 0.6 is 0 Å². The first-order valence-corrected chi connectivity index (χ1v) is 10.8. The zero-order valence-corrected chi connectivity index (χ0v) is 16.3. The Kier molecular flexibility index (Phi) is 6.45. The average molecular weight is 398 g/mol. The molecule has 2 N–H and O–H groups in total. The van der Waals surface area contributed by atoms with Gasteiger partial charge in [0.15, 0.2) is 0 Å². The number of hydrogen-bond acceptors (Lipinski definition) is 5. The van der Waals surface area contributed by atoms with Gasteiger partial charge in [-0.3, -0.25) is 4.79 Å². The minimum absolute atomic E-state index is 0.0942. The Bertz CT molecular complexity index is 945. The molecule has 6 nitrogen and oxygen atoms in total. The number of carbonyl (C=O) groups excluding carboxylic acids is 1. The van der Waals surface area contributed by atoms with Crippen molar-refractivity contribution in [2.75, 3.05) is 13.1 Å². The summed E-state index contributed by atoms with van der Waals surface area (Å²) in [6, 6.07) is 16.5. The number of piperidine rings is 1. The van der Waals surface area contributed by atoms with Crippen LogP contribution in [0.4, 0.5) is 0 Å². The molecular weight excluding hydrogens is 374 g/mol. The van der Waals surface area contributed by atoms with Crippen molar-refractivity contribution in [3.8, 4) is 6.07 Å². The largest absolute Gasteiger partial charge is 0.353 e. The molecule has 0 saturated carbocycles. The number of nitriles is 1. The molecule has 1 aliphatic heterocycles. The maximum absolute atomic E-state index is 12.6. The van der Waals surface area contributed by atoms with Gasteiger partial charge in [-0.2, -0.15) is 5.26 Å². The molecule has 1 saturated heterocycles. The van der Waals surface area contributed by atoms with E-state index in [1.807, 2.05) is 0 Å². The Labute approximate surface area is 165 Å². The zero-order valence-electron chi connectivity index (χ0n) is 15.5. The molecule has 2 atom stereocenters. The summed E-state index contributed by atoms with van der Waals surface area (Å²) in [5.41, 5.74) is 0.673. The number of nitrogens with zero attached hydrogens (tertiary/aromatic N) is 1. The summed E-state index contributed by atoms with van der Waals surface area (Å²) in [5, 5.41) is 15.5. The highest BCUT2D eigenvalue weighted by atomic mass is 32.2. The first kappa shape index (κ1) is 20.1. The number of amides is 1. The molecule has 1 heterocycles. The quantitative estimate of drug-likeness (QED) is 0.780. The smallest absolute Gasteiger partial charge is 0.237 e. The minimum Gasteiger partial charge on any atom is -0.353 e. The molecule has 2 aromatic carbocycles. The standard InChI is InChI=1S/C21H23N3O3S/c22-14-17(15-24-21(25)20-8-4-5-13-23-20)16-9-11-19(12-10-16)28(26,27)18-6-2-1-3-7-18/h1-3,6-7,9-12,17,20,23H,4-5,8,13,15H2,(H,24,25)/t17-,20-/m0/s1. The van der Waals surface area contributed by atoms with Gasteiger partial charge in [0.25, 0.3) is 0 Å². The highest BCUT2D eigenvalue weighted by Gasteiger charge is 2.22. The molecule has 1 aliphatic rings. The predicted octanol–water partition coefficient (Wildman–Crippen LogP) is 2.38. The van der Waals surface area contributed by atoms with Gasteiger partial charge in [-0.15, -0.1) is 0 Å². The van der Waals surface area contributed by atoms with E-state index < -0.39 is 15.8 Å². The maximum Gasteiger partial charge on any atom is 0.237 e. The highest BCUT2D eigenvalue weighted by Crippen LogP contribution is 2.23. The van der Waals surface area contributed by atoms with Crippen LogP contribution in [0.3, 0.4) is 0 Å². The van der Waals surface area contributed by atoms with E-state index in [4.69, 9.17) is 0 Å². The van der Waals surface area contributed by atoms with Gasteiger partial charge in [0, 0.05) is 6.54 Å². The van der Waals surface area contributed by atoms with Crippen LogP contribution in [-0.2, 0) is 14.6 Å². The first-order chi connectivity index (χ1) is 13.5. The highest BCUT2D eigenvalue weighted by molar-refractivity contribution is 7.91. The van der Waals surface area contributed by atoms with Crippen LogP contribution in [0, 0.1) is 11.3 Å². The van der Waals surface area contributed by atoms with Crippen molar-refractivity contribution < 1.29 is 13.2 Å². The van der Waals surface area contributed by atoms with E-state index in [9.17, 15) is 18.5 Å². The Balaban J connectivity index is 1.67. The summed E-state index contributed by atoms with van der Waals surface area (Å²) < 4.78 is 25.3. The van der Waals surface area contributed by atoms with Gasteiger partial charge in [0.05, 0.1) is 27.8 Å². The third kappa shape index (κ3) is 4.58. The van der Waals surface area contributed by atoms with Gasteiger partial charge >= 0.3 is 0 Å². The third-order valence-corrected chi connectivity index (χ3v) is 6.69. The number of rotatable bonds is 6. The van der Waals surface area contributed by atoms with Crippen molar-refractivity contribution in [1.29, 1.82) is 5.26 Å². The van der Waals surface area contributed by atoms with Gasteiger partial charge in [-0.1, -0.05) is 36.8 Å². The molecule has 1 fully saturated rings. The lowest BCUT2D eigenvalue weighted by Gasteiger charge is -2.23. The topological polar surface area (TPSA) is 99.1 Å². The van der Waals surface area contributed by atoms with E-state index >= 15 is 0 Å². The van der Waals surface area contributed by atoms with E-state index in [2.05, 4.69) is 16.7 Å². The molecule has 28 heavy (non-hydrogen) atoms. The van der Waals surface area contributed by atoms with Crippen LogP contribution in [0.5, 0.6) is 0 Å². The predicted molar refractivity (Wildman–Crippen MR) is 105 cm³/mol. The van der Waals surface area contributed by atoms with Crippen LogP contribution in [0.15, 0.2) is 64.4 Å². The molecular formula is C21H23N3O3S. The first-order valence-electron chi connectivity index (χ1n) is 9.33. The fourth-order valence-corrected chi connectivity index (χ4v) is 4.54. The lowest BCUT2D eigenvalue weighted by molar-refractivity contribution is -0.123. The maximum atomic E-state index is 12.6. The second-order valence-corrected chi connectivity index (χ2v) is 8.76. The minimum atomic E-state index is -3.59. The molecule has 2 aromatic rings. The SMILES string of the molecule is N#C[C@@H](CNC(=O)[C@@H]1CCCCN1)c1ccc(S(=O)(=O)c2ccccc2)cc1. The molecule has 146 valence electrons. The number of benzene rings is 2. The van der Waals surface area contributed by atoms with Gasteiger partial charge in [-0.25, -0.2) is 8.42 Å². The van der Waals surface area contributed by atoms with Crippen molar-refractivity contribution in [3.05, 3.63) is 60.2 Å². The summed E-state index contributed by atoms with van der Waals surface area (Å²) in [6.07, 6.45) is 2.89. The van der Waals surface area contributed by atoms with Crippen LogP contribution in [0.25, 0.3) is 0 Å². The van der Waals surface area contributed by atoms with Crippen molar-refractivity contribution >= 4 is 15.7 Å². The zero-order chi connectivity index (χ0) is 20.0. The number of carbonyl (C=O) groups is 1. The summed E-state index contributed by atoms with van der Waals surface area (Å²) in [6.45, 7) is 1.02. The summed E-state index contributed by atoms with van der Waals surface area (Å²) >= 11 is 0. The van der Waals surface area contributed by atoms with Crippen molar-refractivity contribution in [2.24, 2.45) is 0 Å². The average Bonchev–Trinajstić information content (AvgIpc) is 2.75. The monoisotopic (exact) mass is 397 g/mol. The lowest BCUT2D eigenvalue weighted by atomic mass is 10.00. The fraction of sp³-hybridized carbons (Fsp3) is 0.333. The van der Waals surface area contributed by atoms with Crippen molar-refractivity contribution in [3.63, 3.8) is 0 Å². The third-order valence-electron chi connectivity index (χ3n) is 4.91. The number of sulfone groups is 1. The molecule has 0 radical (unpaired) electrons. The summed E-state index contributed by atoms with van der Waals surface area (Å²) in [7, 11) is -3.59. The van der Waals surface area contributed by atoms with E-state index in [0.29, 0.717) is 5.56 Å². The number of hydrogen-bond donors (Lipinski definition) is 2. The molecule has 7 heteroatoms. The molecule has 1 amide bonds. The molecule has 0 unspecified atom stereocenters. The molecule has 0 bridgehead atoms.